The Morgan fingerprint density at radius 3 is 3.10 bits per heavy atom. The molecular formula is C14H19N5O. The molecule has 2 aromatic rings. The van der Waals surface area contributed by atoms with Crippen molar-refractivity contribution in [2.45, 2.75) is 38.4 Å². The van der Waals surface area contributed by atoms with Gasteiger partial charge < -0.3 is 10.1 Å². The van der Waals surface area contributed by atoms with Gasteiger partial charge in [0.15, 0.2) is 5.82 Å². The predicted octanol–water partition coefficient (Wildman–Crippen LogP) is 1.18. The van der Waals surface area contributed by atoms with Crippen LogP contribution in [0.25, 0.3) is 0 Å². The van der Waals surface area contributed by atoms with Crippen molar-refractivity contribution in [3.05, 3.63) is 35.7 Å². The number of hydrogen-bond donors (Lipinski definition) is 1. The minimum atomic E-state index is 0.665. The van der Waals surface area contributed by atoms with Crippen molar-refractivity contribution in [2.24, 2.45) is 0 Å². The lowest BCUT2D eigenvalue weighted by Gasteiger charge is -2.07. The Hall–Kier alpha value is -1.95. The molecule has 0 spiro atoms. The number of ether oxygens (including phenoxy) is 1. The molecule has 3 rings (SSSR count). The molecule has 0 saturated heterocycles. The fraction of sp³-hybridized carbons (Fsp3) is 0.500. The van der Waals surface area contributed by atoms with E-state index in [-0.39, 0.29) is 0 Å². The third kappa shape index (κ3) is 3.33. The van der Waals surface area contributed by atoms with Crippen LogP contribution in [0.3, 0.4) is 0 Å². The minimum Gasteiger partial charge on any atom is -0.497 e. The summed E-state index contributed by atoms with van der Waals surface area (Å²) in [5.41, 5.74) is 1.22. The van der Waals surface area contributed by atoms with Crippen LogP contribution in [0.5, 0.6) is 5.75 Å². The summed E-state index contributed by atoms with van der Waals surface area (Å²) >= 11 is 0. The fourth-order valence-corrected chi connectivity index (χ4v) is 2.11. The van der Waals surface area contributed by atoms with E-state index < -0.39 is 0 Å². The number of nitrogens with one attached hydrogen (secondary N) is 1. The van der Waals surface area contributed by atoms with Gasteiger partial charge in [-0.15, -0.1) is 5.10 Å². The van der Waals surface area contributed by atoms with Crippen molar-refractivity contribution < 1.29 is 4.74 Å². The van der Waals surface area contributed by atoms with Crippen molar-refractivity contribution in [2.75, 3.05) is 7.11 Å². The molecule has 0 unspecified atom stereocenters. The summed E-state index contributed by atoms with van der Waals surface area (Å²) < 4.78 is 7.10. The molecule has 0 aliphatic heterocycles. The van der Waals surface area contributed by atoms with Crippen LogP contribution in [0.2, 0.25) is 0 Å². The molecule has 1 aliphatic carbocycles. The van der Waals surface area contributed by atoms with Crippen molar-refractivity contribution in [3.63, 3.8) is 0 Å². The maximum absolute atomic E-state index is 5.23. The Balaban J connectivity index is 1.58. The van der Waals surface area contributed by atoms with E-state index in [0.717, 1.165) is 31.1 Å². The average Bonchev–Trinajstić information content (AvgIpc) is 3.21. The van der Waals surface area contributed by atoms with Crippen LogP contribution in [0.15, 0.2) is 24.3 Å². The number of methoxy groups -OCH3 is 1. The van der Waals surface area contributed by atoms with Crippen molar-refractivity contribution in [3.8, 4) is 5.75 Å². The topological polar surface area (TPSA) is 64.9 Å². The second kappa shape index (κ2) is 6.00. The maximum atomic E-state index is 5.23. The van der Waals surface area contributed by atoms with Crippen LogP contribution < -0.4 is 10.1 Å². The first-order valence-electron chi connectivity index (χ1n) is 6.96. The van der Waals surface area contributed by atoms with Crippen molar-refractivity contribution in [1.82, 2.24) is 25.5 Å². The average molecular weight is 273 g/mol. The molecular weight excluding hydrogens is 254 g/mol. The van der Waals surface area contributed by atoms with Crippen molar-refractivity contribution >= 4 is 0 Å². The molecule has 106 valence electrons. The van der Waals surface area contributed by atoms with E-state index in [2.05, 4.69) is 26.9 Å². The molecule has 0 atom stereocenters. The smallest absolute Gasteiger partial charge is 0.165 e. The Kier molecular flexibility index (Phi) is 3.92. The Labute approximate surface area is 118 Å². The van der Waals surface area contributed by atoms with Gasteiger partial charge in [0.2, 0.25) is 0 Å². The monoisotopic (exact) mass is 273 g/mol. The Morgan fingerprint density at radius 1 is 1.40 bits per heavy atom. The van der Waals surface area contributed by atoms with Gasteiger partial charge in [0.1, 0.15) is 5.75 Å². The van der Waals surface area contributed by atoms with Gasteiger partial charge in [-0.2, -0.15) is 0 Å². The minimum absolute atomic E-state index is 0.665. The van der Waals surface area contributed by atoms with Crippen molar-refractivity contribution in [1.29, 1.82) is 0 Å². The molecule has 1 aromatic carbocycles. The number of nitrogens with zero attached hydrogens (tertiary/aromatic N) is 4. The second-order valence-corrected chi connectivity index (χ2v) is 5.07. The lowest BCUT2D eigenvalue weighted by atomic mass is 10.1. The number of hydrogen-bond acceptors (Lipinski definition) is 5. The van der Waals surface area contributed by atoms with E-state index in [1.807, 2.05) is 22.9 Å². The summed E-state index contributed by atoms with van der Waals surface area (Å²) in [6, 6.07) is 8.76. The molecule has 1 aromatic heterocycles. The molecule has 1 heterocycles. The highest BCUT2D eigenvalue weighted by atomic mass is 16.5. The fourth-order valence-electron chi connectivity index (χ4n) is 2.11. The second-order valence-electron chi connectivity index (χ2n) is 5.07. The number of tetrazole rings is 1. The first-order chi connectivity index (χ1) is 9.85. The number of aryl methyl sites for hydroxylation is 2. The van der Waals surface area contributed by atoms with Gasteiger partial charge in [-0.05, 0) is 47.4 Å². The standard InChI is InChI=1S/C14H19N5O/c1-20-13-4-2-3-11(9-13)7-8-19-14(16-17-18-19)10-15-12-5-6-12/h2-4,9,12,15H,5-8,10H2,1H3. The zero-order valence-electron chi connectivity index (χ0n) is 11.6. The Bertz CT molecular complexity index is 564. The van der Waals surface area contributed by atoms with Gasteiger partial charge in [0.25, 0.3) is 0 Å². The lowest BCUT2D eigenvalue weighted by Crippen LogP contribution is -2.19. The number of aromatic nitrogens is 4. The molecule has 0 bridgehead atoms. The van der Waals surface area contributed by atoms with Crippen LogP contribution in [-0.2, 0) is 19.5 Å². The van der Waals surface area contributed by atoms with E-state index in [9.17, 15) is 0 Å². The van der Waals surface area contributed by atoms with Gasteiger partial charge in [0.05, 0.1) is 13.7 Å². The highest BCUT2D eigenvalue weighted by Gasteiger charge is 2.21. The molecule has 0 amide bonds. The first kappa shape index (κ1) is 13.1. The maximum Gasteiger partial charge on any atom is 0.165 e. The first-order valence-corrected chi connectivity index (χ1v) is 6.96. The molecule has 20 heavy (non-hydrogen) atoms. The van der Waals surface area contributed by atoms with Crippen LogP contribution in [-0.4, -0.2) is 33.4 Å². The summed E-state index contributed by atoms with van der Waals surface area (Å²) in [7, 11) is 1.68. The molecule has 1 saturated carbocycles. The SMILES string of the molecule is COc1cccc(CCn2nnnc2CNC2CC2)c1. The highest BCUT2D eigenvalue weighted by molar-refractivity contribution is 5.28. The summed E-state index contributed by atoms with van der Waals surface area (Å²) in [6.45, 7) is 1.53. The summed E-state index contributed by atoms with van der Waals surface area (Å²) in [4.78, 5) is 0. The number of benzene rings is 1. The van der Waals surface area contributed by atoms with E-state index in [0.29, 0.717) is 6.04 Å². The van der Waals surface area contributed by atoms with Crippen LogP contribution in [0.1, 0.15) is 24.2 Å². The quantitative estimate of drug-likeness (QED) is 0.820. The van der Waals surface area contributed by atoms with Gasteiger partial charge in [-0.25, -0.2) is 4.68 Å². The third-order valence-corrected chi connectivity index (χ3v) is 3.48. The zero-order valence-corrected chi connectivity index (χ0v) is 11.6. The molecule has 6 heteroatoms. The molecule has 0 radical (unpaired) electrons. The van der Waals surface area contributed by atoms with Gasteiger partial charge in [0, 0.05) is 12.6 Å². The third-order valence-electron chi connectivity index (χ3n) is 3.48. The van der Waals surface area contributed by atoms with E-state index in [1.165, 1.54) is 18.4 Å². The van der Waals surface area contributed by atoms with Crippen LogP contribution in [0.4, 0.5) is 0 Å². The van der Waals surface area contributed by atoms with Crippen LogP contribution >= 0.6 is 0 Å². The zero-order chi connectivity index (χ0) is 13.8. The Morgan fingerprint density at radius 2 is 2.30 bits per heavy atom. The number of rotatable bonds is 7. The molecule has 6 nitrogen and oxygen atoms in total. The summed E-state index contributed by atoms with van der Waals surface area (Å²) in [6.07, 6.45) is 3.43. The van der Waals surface area contributed by atoms with E-state index in [4.69, 9.17) is 4.74 Å². The summed E-state index contributed by atoms with van der Waals surface area (Å²) in [5, 5.41) is 15.3. The van der Waals surface area contributed by atoms with Crippen LogP contribution in [0, 0.1) is 0 Å². The summed E-state index contributed by atoms with van der Waals surface area (Å²) in [5.74, 6) is 1.79. The van der Waals surface area contributed by atoms with Gasteiger partial charge in [-0.3, -0.25) is 0 Å². The molecule has 1 N–H and O–H groups in total. The van der Waals surface area contributed by atoms with Gasteiger partial charge >= 0.3 is 0 Å². The largest absolute Gasteiger partial charge is 0.497 e. The van der Waals surface area contributed by atoms with Gasteiger partial charge in [-0.1, -0.05) is 12.1 Å². The molecule has 1 fully saturated rings. The van der Waals surface area contributed by atoms with E-state index in [1.54, 1.807) is 7.11 Å². The predicted molar refractivity (Wildman–Crippen MR) is 74.4 cm³/mol. The van der Waals surface area contributed by atoms with E-state index >= 15 is 0 Å². The normalized spacial score (nSPS) is 14.4. The lowest BCUT2D eigenvalue weighted by molar-refractivity contribution is 0.414. The molecule has 1 aliphatic rings. The highest BCUT2D eigenvalue weighted by Crippen LogP contribution is 2.19.